The van der Waals surface area contributed by atoms with Gasteiger partial charge in [0, 0.05) is 5.71 Å². The summed E-state index contributed by atoms with van der Waals surface area (Å²) in [7, 11) is 0. The van der Waals surface area contributed by atoms with Crippen molar-refractivity contribution in [2.75, 3.05) is 0 Å². The maximum Gasteiger partial charge on any atom is 0.0661 e. The molecule has 0 radical (unpaired) electrons. The lowest BCUT2D eigenvalue weighted by molar-refractivity contribution is 0.647. The molecule has 1 heteroatoms. The van der Waals surface area contributed by atoms with E-state index in [1.807, 2.05) is 0 Å². The van der Waals surface area contributed by atoms with Crippen LogP contribution < -0.4 is 0 Å². The van der Waals surface area contributed by atoms with E-state index in [9.17, 15) is 0 Å². The average Bonchev–Trinajstić information content (AvgIpc) is 2.20. The molecule has 1 rings (SSSR count). The summed E-state index contributed by atoms with van der Waals surface area (Å²) in [6.45, 7) is 11.0. The van der Waals surface area contributed by atoms with Crippen molar-refractivity contribution < 1.29 is 0 Å². The Morgan fingerprint density at radius 1 is 1.12 bits per heavy atom. The van der Waals surface area contributed by atoms with Crippen molar-refractivity contribution in [3.05, 3.63) is 29.8 Å². The Morgan fingerprint density at radius 2 is 1.75 bits per heavy atom. The van der Waals surface area contributed by atoms with E-state index in [1.54, 1.807) is 0 Å². The number of hydrogen-bond acceptors (Lipinski definition) is 1. The minimum Gasteiger partial charge on any atom is -0.258 e. The number of hydrogen-bond donors (Lipinski definition) is 0. The summed E-state index contributed by atoms with van der Waals surface area (Å²) in [5.74, 6) is 1.20. The van der Waals surface area contributed by atoms with Crippen LogP contribution in [0.4, 0.5) is 5.69 Å². The highest BCUT2D eigenvalue weighted by Crippen LogP contribution is 2.22. The topological polar surface area (TPSA) is 12.4 Å². The molecule has 0 aromatic heterocycles. The summed E-state index contributed by atoms with van der Waals surface area (Å²) in [6.07, 6.45) is 1.10. The maximum atomic E-state index is 4.73. The molecule has 0 aliphatic carbocycles. The predicted molar refractivity (Wildman–Crippen MR) is 72.6 cm³/mol. The monoisotopic (exact) mass is 217 g/mol. The van der Waals surface area contributed by atoms with E-state index < -0.39 is 0 Å². The fraction of sp³-hybridized carbons (Fsp3) is 0.533. The molecular formula is C15H23N. The fourth-order valence-electron chi connectivity index (χ4n) is 1.55. The van der Waals surface area contributed by atoms with Crippen LogP contribution in [0.3, 0.4) is 0 Å². The highest BCUT2D eigenvalue weighted by atomic mass is 14.7. The van der Waals surface area contributed by atoms with E-state index in [2.05, 4.69) is 58.9 Å². The molecule has 0 aliphatic heterocycles. The van der Waals surface area contributed by atoms with Crippen LogP contribution in [0.15, 0.2) is 29.3 Å². The van der Waals surface area contributed by atoms with Crippen molar-refractivity contribution in [3.8, 4) is 0 Å². The van der Waals surface area contributed by atoms with Gasteiger partial charge in [-0.3, -0.25) is 4.99 Å². The third-order valence-electron chi connectivity index (χ3n) is 2.75. The number of benzene rings is 1. The molecule has 88 valence electrons. The van der Waals surface area contributed by atoms with E-state index in [0.29, 0.717) is 11.8 Å². The molecule has 1 aromatic rings. The third-order valence-corrected chi connectivity index (χ3v) is 2.75. The quantitative estimate of drug-likeness (QED) is 0.652. The second-order valence-electron chi connectivity index (χ2n) is 5.13. The summed E-state index contributed by atoms with van der Waals surface area (Å²) in [5, 5.41) is 0. The van der Waals surface area contributed by atoms with Gasteiger partial charge >= 0.3 is 0 Å². The van der Waals surface area contributed by atoms with Gasteiger partial charge in [0.25, 0.3) is 0 Å². The van der Waals surface area contributed by atoms with Crippen LogP contribution in [0.1, 0.15) is 40.2 Å². The van der Waals surface area contributed by atoms with Gasteiger partial charge in [-0.25, -0.2) is 0 Å². The molecule has 0 unspecified atom stereocenters. The molecule has 0 bridgehead atoms. The zero-order valence-electron chi connectivity index (χ0n) is 11.1. The molecule has 0 aliphatic rings. The van der Waals surface area contributed by atoms with Gasteiger partial charge in [-0.1, -0.05) is 45.9 Å². The maximum absolute atomic E-state index is 4.73. The second kappa shape index (κ2) is 5.83. The molecule has 0 saturated carbocycles. The third kappa shape index (κ3) is 3.80. The average molecular weight is 217 g/mol. The Labute approximate surface area is 99.6 Å². The molecular weight excluding hydrogens is 194 g/mol. The number of aliphatic imine (C=N–C) groups is 1. The predicted octanol–water partition coefficient (Wildman–Crippen LogP) is 4.63. The zero-order valence-corrected chi connectivity index (χ0v) is 11.1. The molecule has 0 saturated heterocycles. The highest BCUT2D eigenvalue weighted by molar-refractivity contribution is 5.86. The standard InChI is InChI=1S/C15H23N/c1-11(2)10-14-8-6-7-9-15(14)16-13(5)12(3)4/h6-9,11-12H,10H2,1-5H3. The van der Waals surface area contributed by atoms with Crippen LogP contribution in [0.2, 0.25) is 0 Å². The lowest BCUT2D eigenvalue weighted by atomic mass is 10.0. The van der Waals surface area contributed by atoms with Crippen LogP contribution in [0, 0.1) is 11.8 Å². The molecule has 0 amide bonds. The minimum atomic E-state index is 0.520. The molecule has 0 N–H and O–H groups in total. The lowest BCUT2D eigenvalue weighted by Gasteiger charge is -2.10. The minimum absolute atomic E-state index is 0.520. The van der Waals surface area contributed by atoms with Crippen molar-refractivity contribution in [2.24, 2.45) is 16.8 Å². The van der Waals surface area contributed by atoms with Crippen molar-refractivity contribution in [3.63, 3.8) is 0 Å². The van der Waals surface area contributed by atoms with E-state index in [0.717, 1.165) is 12.1 Å². The molecule has 0 heterocycles. The first-order valence-electron chi connectivity index (χ1n) is 6.13. The number of rotatable bonds is 4. The van der Waals surface area contributed by atoms with Crippen LogP contribution >= 0.6 is 0 Å². The summed E-state index contributed by atoms with van der Waals surface area (Å²) < 4.78 is 0. The fourth-order valence-corrected chi connectivity index (χ4v) is 1.55. The Morgan fingerprint density at radius 3 is 2.31 bits per heavy atom. The van der Waals surface area contributed by atoms with E-state index in [1.165, 1.54) is 11.3 Å². The summed E-state index contributed by atoms with van der Waals surface area (Å²) in [5.41, 5.74) is 3.70. The van der Waals surface area contributed by atoms with E-state index in [-0.39, 0.29) is 0 Å². The van der Waals surface area contributed by atoms with Gasteiger partial charge in [0.05, 0.1) is 5.69 Å². The number of para-hydroxylation sites is 1. The van der Waals surface area contributed by atoms with Gasteiger partial charge in [0.2, 0.25) is 0 Å². The first-order chi connectivity index (χ1) is 7.50. The highest BCUT2D eigenvalue weighted by Gasteiger charge is 2.04. The zero-order chi connectivity index (χ0) is 12.1. The Hall–Kier alpha value is -1.11. The summed E-state index contributed by atoms with van der Waals surface area (Å²) in [6, 6.07) is 8.47. The van der Waals surface area contributed by atoms with Crippen molar-refractivity contribution >= 4 is 11.4 Å². The molecule has 1 nitrogen and oxygen atoms in total. The van der Waals surface area contributed by atoms with Crippen LogP contribution in [-0.4, -0.2) is 5.71 Å². The molecule has 0 spiro atoms. The Balaban J connectivity index is 2.99. The van der Waals surface area contributed by atoms with Gasteiger partial charge < -0.3 is 0 Å². The second-order valence-corrected chi connectivity index (χ2v) is 5.13. The first kappa shape index (κ1) is 13.0. The lowest BCUT2D eigenvalue weighted by Crippen LogP contribution is -2.01. The Kier molecular flexibility index (Phi) is 4.72. The van der Waals surface area contributed by atoms with Crippen LogP contribution in [-0.2, 0) is 6.42 Å². The smallest absolute Gasteiger partial charge is 0.0661 e. The normalized spacial score (nSPS) is 12.6. The van der Waals surface area contributed by atoms with E-state index >= 15 is 0 Å². The van der Waals surface area contributed by atoms with Crippen molar-refractivity contribution in [1.82, 2.24) is 0 Å². The summed E-state index contributed by atoms with van der Waals surface area (Å²) in [4.78, 5) is 4.73. The molecule has 1 aromatic carbocycles. The number of nitrogens with zero attached hydrogens (tertiary/aromatic N) is 1. The summed E-state index contributed by atoms with van der Waals surface area (Å²) >= 11 is 0. The first-order valence-corrected chi connectivity index (χ1v) is 6.13. The van der Waals surface area contributed by atoms with Crippen molar-refractivity contribution in [2.45, 2.75) is 41.0 Å². The van der Waals surface area contributed by atoms with Gasteiger partial charge in [0.15, 0.2) is 0 Å². The van der Waals surface area contributed by atoms with Gasteiger partial charge in [-0.2, -0.15) is 0 Å². The van der Waals surface area contributed by atoms with Gasteiger partial charge in [-0.15, -0.1) is 0 Å². The van der Waals surface area contributed by atoms with E-state index in [4.69, 9.17) is 4.99 Å². The SMILES string of the molecule is CC(=Nc1ccccc1CC(C)C)C(C)C. The molecule has 16 heavy (non-hydrogen) atoms. The van der Waals surface area contributed by atoms with Crippen LogP contribution in [0.25, 0.3) is 0 Å². The van der Waals surface area contributed by atoms with Crippen LogP contribution in [0.5, 0.6) is 0 Å². The van der Waals surface area contributed by atoms with Gasteiger partial charge in [-0.05, 0) is 36.8 Å². The van der Waals surface area contributed by atoms with Crippen molar-refractivity contribution in [1.29, 1.82) is 0 Å². The Bertz CT molecular complexity index is 361. The van der Waals surface area contributed by atoms with Gasteiger partial charge in [0.1, 0.15) is 0 Å². The molecule has 0 fully saturated rings. The largest absolute Gasteiger partial charge is 0.258 e. The molecule has 0 atom stereocenters.